The Bertz CT molecular complexity index is 1200. The standard InChI is InChI=1S/C24H22N2O4S/c1-14-7-8-16(12-15(14)2)25-22-21(20-6-5-11-31-20)23(27)26(24(22)28)17-9-10-18(29-3)19(13-17)30-4/h5-13,25H,1-4H3. The van der Waals surface area contributed by atoms with Crippen LogP contribution in [0.4, 0.5) is 11.4 Å². The molecule has 3 aromatic rings. The summed E-state index contributed by atoms with van der Waals surface area (Å²) in [7, 11) is 3.04. The van der Waals surface area contributed by atoms with Gasteiger partial charge < -0.3 is 14.8 Å². The van der Waals surface area contributed by atoms with E-state index in [4.69, 9.17) is 9.47 Å². The first-order valence-electron chi connectivity index (χ1n) is 9.68. The number of nitrogens with zero attached hydrogens (tertiary/aromatic N) is 1. The fraction of sp³-hybridized carbons (Fsp3) is 0.167. The second-order valence-electron chi connectivity index (χ2n) is 7.14. The van der Waals surface area contributed by atoms with Crippen LogP contribution >= 0.6 is 11.3 Å². The van der Waals surface area contributed by atoms with Crippen molar-refractivity contribution in [2.45, 2.75) is 13.8 Å². The molecule has 1 aliphatic rings. The number of hydrogen-bond acceptors (Lipinski definition) is 6. The van der Waals surface area contributed by atoms with Crippen molar-refractivity contribution in [3.05, 3.63) is 75.6 Å². The molecule has 2 heterocycles. The van der Waals surface area contributed by atoms with Crippen molar-refractivity contribution in [2.24, 2.45) is 0 Å². The van der Waals surface area contributed by atoms with Crippen molar-refractivity contribution in [3.8, 4) is 11.5 Å². The highest BCUT2D eigenvalue weighted by molar-refractivity contribution is 7.11. The Morgan fingerprint density at radius 2 is 1.65 bits per heavy atom. The Morgan fingerprint density at radius 3 is 2.29 bits per heavy atom. The molecule has 1 aromatic heterocycles. The van der Waals surface area contributed by atoms with E-state index in [1.165, 1.54) is 30.5 Å². The third-order valence-electron chi connectivity index (χ3n) is 5.25. The number of benzene rings is 2. The van der Waals surface area contributed by atoms with Crippen LogP contribution < -0.4 is 19.7 Å². The summed E-state index contributed by atoms with van der Waals surface area (Å²) in [4.78, 5) is 28.8. The number of methoxy groups -OCH3 is 2. The number of nitrogens with one attached hydrogen (secondary N) is 1. The number of hydrogen-bond donors (Lipinski definition) is 1. The molecule has 0 spiro atoms. The number of thiophene rings is 1. The lowest BCUT2D eigenvalue weighted by Gasteiger charge is -2.17. The molecule has 1 aliphatic heterocycles. The Morgan fingerprint density at radius 1 is 0.871 bits per heavy atom. The Kier molecular flexibility index (Phi) is 5.52. The molecule has 2 aromatic carbocycles. The normalized spacial score (nSPS) is 13.7. The van der Waals surface area contributed by atoms with E-state index >= 15 is 0 Å². The molecule has 0 atom stereocenters. The van der Waals surface area contributed by atoms with Crippen LogP contribution in [0.25, 0.3) is 5.57 Å². The molecular weight excluding hydrogens is 412 g/mol. The van der Waals surface area contributed by atoms with Gasteiger partial charge in [0.25, 0.3) is 11.8 Å². The molecule has 0 aliphatic carbocycles. The van der Waals surface area contributed by atoms with Crippen LogP contribution in [0.15, 0.2) is 59.6 Å². The van der Waals surface area contributed by atoms with E-state index in [1.807, 2.05) is 49.6 Å². The van der Waals surface area contributed by atoms with Crippen LogP contribution in [0.5, 0.6) is 11.5 Å². The monoisotopic (exact) mass is 434 g/mol. The average molecular weight is 435 g/mol. The lowest BCUT2D eigenvalue weighted by atomic mass is 10.1. The van der Waals surface area contributed by atoms with Crippen LogP contribution in [-0.2, 0) is 9.59 Å². The van der Waals surface area contributed by atoms with Crippen LogP contribution in [0.2, 0.25) is 0 Å². The number of carbonyl (C=O) groups excluding carboxylic acids is 2. The highest BCUT2D eigenvalue weighted by atomic mass is 32.1. The van der Waals surface area contributed by atoms with Gasteiger partial charge in [0, 0.05) is 16.6 Å². The van der Waals surface area contributed by atoms with Gasteiger partial charge in [0.05, 0.1) is 25.5 Å². The van der Waals surface area contributed by atoms with Gasteiger partial charge >= 0.3 is 0 Å². The van der Waals surface area contributed by atoms with E-state index in [2.05, 4.69) is 5.32 Å². The average Bonchev–Trinajstić information content (AvgIpc) is 3.37. The predicted octanol–water partition coefficient (Wildman–Crippen LogP) is 4.78. The summed E-state index contributed by atoms with van der Waals surface area (Å²) < 4.78 is 10.6. The van der Waals surface area contributed by atoms with E-state index in [9.17, 15) is 9.59 Å². The summed E-state index contributed by atoms with van der Waals surface area (Å²) in [5.41, 5.74) is 4.02. The zero-order valence-corrected chi connectivity index (χ0v) is 18.5. The molecule has 0 radical (unpaired) electrons. The first kappa shape index (κ1) is 20.7. The summed E-state index contributed by atoms with van der Waals surface area (Å²) in [6, 6.07) is 14.5. The second kappa shape index (κ2) is 8.28. The summed E-state index contributed by atoms with van der Waals surface area (Å²) in [6.45, 7) is 4.03. The van der Waals surface area contributed by atoms with E-state index in [1.54, 1.807) is 18.2 Å². The molecule has 2 amide bonds. The molecule has 0 fully saturated rings. The highest BCUT2D eigenvalue weighted by Crippen LogP contribution is 2.38. The minimum Gasteiger partial charge on any atom is -0.493 e. The first-order chi connectivity index (χ1) is 14.9. The molecule has 1 N–H and O–H groups in total. The van der Waals surface area contributed by atoms with Gasteiger partial charge in [-0.2, -0.15) is 0 Å². The van der Waals surface area contributed by atoms with Gasteiger partial charge in [0.1, 0.15) is 5.70 Å². The third-order valence-corrected chi connectivity index (χ3v) is 6.14. The van der Waals surface area contributed by atoms with E-state index in [0.717, 1.165) is 21.7 Å². The van der Waals surface area contributed by atoms with Crippen molar-refractivity contribution in [2.75, 3.05) is 24.4 Å². The fourth-order valence-corrected chi connectivity index (χ4v) is 4.23. The van der Waals surface area contributed by atoms with Crippen molar-refractivity contribution < 1.29 is 19.1 Å². The summed E-state index contributed by atoms with van der Waals surface area (Å²) in [6.07, 6.45) is 0. The van der Waals surface area contributed by atoms with Gasteiger partial charge in [-0.05, 0) is 60.7 Å². The maximum Gasteiger partial charge on any atom is 0.282 e. The molecule has 0 unspecified atom stereocenters. The molecule has 0 saturated carbocycles. The maximum atomic E-state index is 13.4. The minimum atomic E-state index is -0.418. The number of ether oxygens (including phenoxy) is 2. The fourth-order valence-electron chi connectivity index (χ4n) is 3.46. The van der Waals surface area contributed by atoms with E-state index < -0.39 is 5.91 Å². The van der Waals surface area contributed by atoms with Gasteiger partial charge in [-0.25, -0.2) is 4.90 Å². The van der Waals surface area contributed by atoms with Gasteiger partial charge in [-0.3, -0.25) is 9.59 Å². The van der Waals surface area contributed by atoms with Gasteiger partial charge in [-0.1, -0.05) is 12.1 Å². The van der Waals surface area contributed by atoms with Crippen LogP contribution in [0, 0.1) is 13.8 Å². The lowest BCUT2D eigenvalue weighted by Crippen LogP contribution is -2.32. The molecule has 7 heteroatoms. The highest BCUT2D eigenvalue weighted by Gasteiger charge is 2.41. The largest absolute Gasteiger partial charge is 0.493 e. The van der Waals surface area contributed by atoms with Crippen molar-refractivity contribution in [1.29, 1.82) is 0 Å². The number of rotatable bonds is 6. The first-order valence-corrected chi connectivity index (χ1v) is 10.6. The number of amides is 2. The summed E-state index contributed by atoms with van der Waals surface area (Å²) in [5, 5.41) is 5.08. The Hall–Kier alpha value is -3.58. The molecule has 158 valence electrons. The third kappa shape index (κ3) is 3.68. The predicted molar refractivity (Wildman–Crippen MR) is 123 cm³/mol. The van der Waals surface area contributed by atoms with Crippen LogP contribution in [-0.4, -0.2) is 26.0 Å². The molecule has 0 saturated heterocycles. The Labute approximate surface area is 184 Å². The van der Waals surface area contributed by atoms with Crippen molar-refractivity contribution in [1.82, 2.24) is 0 Å². The molecule has 31 heavy (non-hydrogen) atoms. The summed E-state index contributed by atoms with van der Waals surface area (Å²) in [5.74, 6) is 0.156. The van der Waals surface area contributed by atoms with Crippen LogP contribution in [0.3, 0.4) is 0 Å². The number of aryl methyl sites for hydroxylation is 2. The maximum absolute atomic E-state index is 13.4. The minimum absolute atomic E-state index is 0.255. The lowest BCUT2D eigenvalue weighted by molar-refractivity contribution is -0.120. The van der Waals surface area contributed by atoms with E-state index in [-0.39, 0.29) is 11.6 Å². The second-order valence-corrected chi connectivity index (χ2v) is 8.08. The van der Waals surface area contributed by atoms with Gasteiger partial charge in [0.2, 0.25) is 0 Å². The smallest absolute Gasteiger partial charge is 0.282 e. The summed E-state index contributed by atoms with van der Waals surface area (Å²) >= 11 is 1.41. The van der Waals surface area contributed by atoms with Gasteiger partial charge in [-0.15, -0.1) is 11.3 Å². The number of carbonyl (C=O) groups is 2. The zero-order valence-electron chi connectivity index (χ0n) is 17.7. The van der Waals surface area contributed by atoms with Crippen LogP contribution in [0.1, 0.15) is 16.0 Å². The molecule has 6 nitrogen and oxygen atoms in total. The van der Waals surface area contributed by atoms with Crippen molar-refractivity contribution in [3.63, 3.8) is 0 Å². The number of imide groups is 1. The molecule has 0 bridgehead atoms. The molecule has 4 rings (SSSR count). The number of anilines is 2. The quantitative estimate of drug-likeness (QED) is 0.566. The molecular formula is C24H22N2O4S. The van der Waals surface area contributed by atoms with E-state index in [0.29, 0.717) is 22.8 Å². The zero-order chi connectivity index (χ0) is 22.1. The Balaban J connectivity index is 1.78. The van der Waals surface area contributed by atoms with Gasteiger partial charge in [0.15, 0.2) is 11.5 Å². The van der Waals surface area contributed by atoms with Crippen molar-refractivity contribution >= 4 is 40.1 Å². The SMILES string of the molecule is COc1ccc(N2C(=O)C(Nc3ccc(C)c(C)c3)=C(c3cccs3)C2=O)cc1OC. The topological polar surface area (TPSA) is 67.9 Å².